The fourth-order valence-corrected chi connectivity index (χ4v) is 2.69. The van der Waals surface area contributed by atoms with E-state index in [1.807, 2.05) is 0 Å². The lowest BCUT2D eigenvalue weighted by atomic mass is 10.2. The van der Waals surface area contributed by atoms with Crippen molar-refractivity contribution in [1.82, 2.24) is 9.97 Å². The van der Waals surface area contributed by atoms with E-state index in [0.717, 1.165) is 28.0 Å². The number of aromatic nitrogens is 2. The molecule has 0 aliphatic heterocycles. The monoisotopic (exact) mass is 270 g/mol. The molecule has 4 heteroatoms. The SMILES string of the molecule is Cc1nc(SCCCCCCS)nc(C)c1C. The molecule has 0 bridgehead atoms. The van der Waals surface area contributed by atoms with Crippen LogP contribution in [0.1, 0.15) is 42.6 Å². The van der Waals surface area contributed by atoms with Gasteiger partial charge in [0.15, 0.2) is 5.16 Å². The Bertz CT molecular complexity index is 330. The van der Waals surface area contributed by atoms with Gasteiger partial charge < -0.3 is 0 Å². The van der Waals surface area contributed by atoms with Gasteiger partial charge >= 0.3 is 0 Å². The number of hydrogen-bond donors (Lipinski definition) is 1. The molecule has 1 aromatic heterocycles. The van der Waals surface area contributed by atoms with Crippen LogP contribution in [0, 0.1) is 20.8 Å². The number of thioether (sulfide) groups is 1. The summed E-state index contributed by atoms with van der Waals surface area (Å²) in [6.07, 6.45) is 5.05. The molecular weight excluding hydrogens is 248 g/mol. The van der Waals surface area contributed by atoms with Gasteiger partial charge in [-0.2, -0.15) is 12.6 Å². The molecule has 0 amide bonds. The van der Waals surface area contributed by atoms with Gasteiger partial charge in [0.25, 0.3) is 0 Å². The van der Waals surface area contributed by atoms with Crippen LogP contribution >= 0.6 is 24.4 Å². The minimum Gasteiger partial charge on any atom is -0.228 e. The van der Waals surface area contributed by atoms with E-state index in [9.17, 15) is 0 Å². The normalized spacial score (nSPS) is 10.8. The molecule has 0 aliphatic rings. The van der Waals surface area contributed by atoms with Crippen molar-refractivity contribution in [2.75, 3.05) is 11.5 Å². The van der Waals surface area contributed by atoms with Crippen molar-refractivity contribution in [3.05, 3.63) is 17.0 Å². The van der Waals surface area contributed by atoms with Crippen LogP contribution in [0.15, 0.2) is 5.16 Å². The van der Waals surface area contributed by atoms with Gasteiger partial charge in [0.2, 0.25) is 0 Å². The average Bonchev–Trinajstić information content (AvgIpc) is 2.30. The summed E-state index contributed by atoms with van der Waals surface area (Å²) in [5.74, 6) is 2.13. The van der Waals surface area contributed by atoms with Crippen molar-refractivity contribution in [2.45, 2.75) is 51.6 Å². The van der Waals surface area contributed by atoms with Gasteiger partial charge in [-0.3, -0.25) is 0 Å². The summed E-state index contributed by atoms with van der Waals surface area (Å²) in [7, 11) is 0. The molecule has 0 saturated heterocycles. The molecule has 0 aliphatic carbocycles. The van der Waals surface area contributed by atoms with E-state index in [4.69, 9.17) is 0 Å². The van der Waals surface area contributed by atoms with E-state index < -0.39 is 0 Å². The predicted molar refractivity (Wildman–Crippen MR) is 79.3 cm³/mol. The van der Waals surface area contributed by atoms with Crippen LogP contribution in [0.4, 0.5) is 0 Å². The van der Waals surface area contributed by atoms with Gasteiger partial charge in [-0.15, -0.1) is 0 Å². The van der Waals surface area contributed by atoms with Gasteiger partial charge in [0, 0.05) is 17.1 Å². The van der Waals surface area contributed by atoms with Crippen LogP contribution in [-0.4, -0.2) is 21.5 Å². The molecule has 1 rings (SSSR count). The van der Waals surface area contributed by atoms with Crippen molar-refractivity contribution in [2.24, 2.45) is 0 Å². The van der Waals surface area contributed by atoms with Crippen LogP contribution in [-0.2, 0) is 0 Å². The Hall–Kier alpha value is -0.220. The summed E-state index contributed by atoms with van der Waals surface area (Å²) in [4.78, 5) is 9.01. The van der Waals surface area contributed by atoms with E-state index in [2.05, 4.69) is 43.4 Å². The molecule has 0 unspecified atom stereocenters. The highest BCUT2D eigenvalue weighted by atomic mass is 32.2. The molecule has 0 spiro atoms. The Balaban J connectivity index is 2.32. The third kappa shape index (κ3) is 5.30. The van der Waals surface area contributed by atoms with Crippen molar-refractivity contribution in [3.8, 4) is 0 Å². The van der Waals surface area contributed by atoms with Gasteiger partial charge in [-0.25, -0.2) is 9.97 Å². The topological polar surface area (TPSA) is 25.8 Å². The highest BCUT2D eigenvalue weighted by molar-refractivity contribution is 7.99. The molecule has 96 valence electrons. The molecule has 0 radical (unpaired) electrons. The Labute approximate surface area is 114 Å². The Morgan fingerprint density at radius 2 is 1.53 bits per heavy atom. The third-order valence-corrected chi connectivity index (χ3v) is 4.15. The summed E-state index contributed by atoms with van der Waals surface area (Å²) in [6.45, 7) is 6.19. The fraction of sp³-hybridized carbons (Fsp3) is 0.692. The van der Waals surface area contributed by atoms with Crippen molar-refractivity contribution < 1.29 is 0 Å². The fourth-order valence-electron chi connectivity index (χ4n) is 1.54. The zero-order valence-corrected chi connectivity index (χ0v) is 12.7. The van der Waals surface area contributed by atoms with Crippen molar-refractivity contribution >= 4 is 24.4 Å². The van der Waals surface area contributed by atoms with E-state index in [1.54, 1.807) is 11.8 Å². The van der Waals surface area contributed by atoms with E-state index >= 15 is 0 Å². The second kappa shape index (κ2) is 7.98. The summed E-state index contributed by atoms with van der Waals surface area (Å²) in [6, 6.07) is 0. The number of hydrogen-bond acceptors (Lipinski definition) is 4. The van der Waals surface area contributed by atoms with E-state index in [0.29, 0.717) is 0 Å². The summed E-state index contributed by atoms with van der Waals surface area (Å²) in [5.41, 5.74) is 3.42. The lowest BCUT2D eigenvalue weighted by Crippen LogP contribution is -1.98. The first kappa shape index (κ1) is 14.8. The number of thiol groups is 1. The van der Waals surface area contributed by atoms with Gasteiger partial charge in [0.05, 0.1) is 0 Å². The first-order valence-corrected chi connectivity index (χ1v) is 7.82. The van der Waals surface area contributed by atoms with Crippen molar-refractivity contribution in [1.29, 1.82) is 0 Å². The van der Waals surface area contributed by atoms with Crippen molar-refractivity contribution in [3.63, 3.8) is 0 Å². The van der Waals surface area contributed by atoms with Gasteiger partial charge in [-0.05, 0) is 44.9 Å². The van der Waals surface area contributed by atoms with Crippen LogP contribution < -0.4 is 0 Å². The van der Waals surface area contributed by atoms with Gasteiger partial charge in [0.1, 0.15) is 0 Å². The third-order valence-electron chi connectivity index (χ3n) is 2.90. The maximum Gasteiger partial charge on any atom is 0.187 e. The predicted octanol–water partition coefficient (Wildman–Crippen LogP) is 3.98. The first-order chi connectivity index (χ1) is 8.15. The van der Waals surface area contributed by atoms with E-state index in [-0.39, 0.29) is 0 Å². The highest BCUT2D eigenvalue weighted by Crippen LogP contribution is 2.18. The Kier molecular flexibility index (Phi) is 6.97. The standard InChI is InChI=1S/C13H22N2S2/c1-10-11(2)14-13(15-12(10)3)17-9-7-5-4-6-8-16/h16H,4-9H2,1-3H3. The second-order valence-electron chi connectivity index (χ2n) is 4.29. The zero-order chi connectivity index (χ0) is 12.7. The minimum absolute atomic E-state index is 0.930. The number of nitrogens with zero attached hydrogens (tertiary/aromatic N) is 2. The van der Waals surface area contributed by atoms with Crippen LogP contribution in [0.5, 0.6) is 0 Å². The molecule has 2 nitrogen and oxygen atoms in total. The molecule has 0 saturated carbocycles. The molecular formula is C13H22N2S2. The number of rotatable bonds is 7. The smallest absolute Gasteiger partial charge is 0.187 e. The average molecular weight is 270 g/mol. The largest absolute Gasteiger partial charge is 0.228 e. The summed E-state index contributed by atoms with van der Waals surface area (Å²) in [5, 5.41) is 0.930. The molecule has 0 fully saturated rings. The molecule has 1 aromatic rings. The molecule has 0 atom stereocenters. The number of aryl methyl sites for hydroxylation is 2. The molecule has 1 heterocycles. The van der Waals surface area contributed by atoms with Crippen LogP contribution in [0.2, 0.25) is 0 Å². The lowest BCUT2D eigenvalue weighted by molar-refractivity contribution is 0.711. The zero-order valence-electron chi connectivity index (χ0n) is 11.0. The summed E-state index contributed by atoms with van der Waals surface area (Å²) >= 11 is 5.98. The summed E-state index contributed by atoms with van der Waals surface area (Å²) < 4.78 is 0. The number of unbranched alkanes of at least 4 members (excludes halogenated alkanes) is 3. The van der Waals surface area contributed by atoms with Crippen LogP contribution in [0.25, 0.3) is 0 Å². The molecule has 0 aromatic carbocycles. The Morgan fingerprint density at radius 3 is 2.12 bits per heavy atom. The van der Waals surface area contributed by atoms with Gasteiger partial charge in [-0.1, -0.05) is 24.6 Å². The maximum absolute atomic E-state index is 4.51. The maximum atomic E-state index is 4.51. The molecule has 17 heavy (non-hydrogen) atoms. The van der Waals surface area contributed by atoms with Crippen LogP contribution in [0.3, 0.4) is 0 Å². The Morgan fingerprint density at radius 1 is 0.941 bits per heavy atom. The lowest BCUT2D eigenvalue weighted by Gasteiger charge is -2.06. The second-order valence-corrected chi connectivity index (χ2v) is 5.80. The molecule has 0 N–H and O–H groups in total. The minimum atomic E-state index is 0.930. The first-order valence-electron chi connectivity index (χ1n) is 6.20. The van der Waals surface area contributed by atoms with E-state index in [1.165, 1.54) is 31.2 Å². The quantitative estimate of drug-likeness (QED) is 0.351. The highest BCUT2D eigenvalue weighted by Gasteiger charge is 2.04.